The van der Waals surface area contributed by atoms with Crippen LogP contribution in [0.25, 0.3) is 5.57 Å². The first kappa shape index (κ1) is 10.8. The van der Waals surface area contributed by atoms with Crippen LogP contribution in [0.1, 0.15) is 18.9 Å². The van der Waals surface area contributed by atoms with E-state index in [-0.39, 0.29) is 0 Å². The molecular formula is C14H16O2. The maximum absolute atomic E-state index is 5.72. The number of ether oxygens (including phenoxy) is 2. The molecule has 0 saturated heterocycles. The van der Waals surface area contributed by atoms with Crippen LogP contribution in [0.4, 0.5) is 0 Å². The van der Waals surface area contributed by atoms with Crippen molar-refractivity contribution >= 4 is 5.57 Å². The molecule has 0 amide bonds. The van der Waals surface area contributed by atoms with Gasteiger partial charge in [0, 0.05) is 11.1 Å². The van der Waals surface area contributed by atoms with E-state index in [2.05, 4.69) is 19.1 Å². The number of para-hydroxylation sites is 1. The average molecular weight is 216 g/mol. The van der Waals surface area contributed by atoms with Gasteiger partial charge in [0.15, 0.2) is 0 Å². The van der Waals surface area contributed by atoms with Crippen LogP contribution in [0.5, 0.6) is 5.75 Å². The van der Waals surface area contributed by atoms with E-state index in [9.17, 15) is 0 Å². The molecular weight excluding hydrogens is 200 g/mol. The van der Waals surface area contributed by atoms with E-state index in [4.69, 9.17) is 9.47 Å². The average Bonchev–Trinajstić information content (AvgIpc) is 2.38. The van der Waals surface area contributed by atoms with Crippen LogP contribution in [-0.2, 0) is 4.74 Å². The molecule has 0 bridgehead atoms. The summed E-state index contributed by atoms with van der Waals surface area (Å²) in [4.78, 5) is 0. The number of hydrogen-bond donors (Lipinski definition) is 0. The van der Waals surface area contributed by atoms with Gasteiger partial charge in [-0.15, -0.1) is 0 Å². The van der Waals surface area contributed by atoms with Crippen molar-refractivity contribution in [2.24, 2.45) is 0 Å². The predicted molar refractivity (Wildman–Crippen MR) is 65.3 cm³/mol. The maximum Gasteiger partial charge on any atom is 0.126 e. The zero-order valence-corrected chi connectivity index (χ0v) is 9.48. The Morgan fingerprint density at radius 1 is 1.31 bits per heavy atom. The summed E-state index contributed by atoms with van der Waals surface area (Å²) in [6.07, 6.45) is 6.70. The summed E-state index contributed by atoms with van der Waals surface area (Å²) in [5, 5.41) is 0. The first-order valence-corrected chi connectivity index (χ1v) is 5.61. The molecule has 0 N–H and O–H groups in total. The Kier molecular flexibility index (Phi) is 3.65. The summed E-state index contributed by atoms with van der Waals surface area (Å²) in [5.74, 6) is 0.939. The van der Waals surface area contributed by atoms with Gasteiger partial charge in [0.05, 0.1) is 12.9 Å². The quantitative estimate of drug-likeness (QED) is 0.768. The van der Waals surface area contributed by atoms with Crippen LogP contribution >= 0.6 is 0 Å². The second-order valence-corrected chi connectivity index (χ2v) is 3.68. The fourth-order valence-electron chi connectivity index (χ4n) is 1.63. The van der Waals surface area contributed by atoms with E-state index in [1.807, 2.05) is 24.3 Å². The second kappa shape index (κ2) is 5.40. The lowest BCUT2D eigenvalue weighted by Crippen LogP contribution is -2.02. The molecule has 84 valence electrons. The highest BCUT2D eigenvalue weighted by Gasteiger charge is 2.09. The fraction of sp³-hybridized carbons (Fsp3) is 0.286. The molecule has 0 aromatic heterocycles. The zero-order chi connectivity index (χ0) is 11.2. The normalized spacial score (nSPS) is 14.2. The molecule has 1 aliphatic rings. The Morgan fingerprint density at radius 3 is 2.94 bits per heavy atom. The van der Waals surface area contributed by atoms with Gasteiger partial charge in [0.25, 0.3) is 0 Å². The third-order valence-corrected chi connectivity index (χ3v) is 2.41. The van der Waals surface area contributed by atoms with Crippen LogP contribution in [0.2, 0.25) is 0 Å². The fourth-order valence-corrected chi connectivity index (χ4v) is 1.63. The highest BCUT2D eigenvalue weighted by molar-refractivity contribution is 5.73. The van der Waals surface area contributed by atoms with Gasteiger partial charge < -0.3 is 9.47 Å². The summed E-state index contributed by atoms with van der Waals surface area (Å²) < 4.78 is 11.0. The van der Waals surface area contributed by atoms with Crippen molar-refractivity contribution in [2.75, 3.05) is 13.2 Å². The highest BCUT2D eigenvalue weighted by Crippen LogP contribution is 2.27. The molecule has 2 rings (SSSR count). The van der Waals surface area contributed by atoms with E-state index >= 15 is 0 Å². The van der Waals surface area contributed by atoms with Crippen LogP contribution in [0.3, 0.4) is 0 Å². The second-order valence-electron chi connectivity index (χ2n) is 3.68. The first-order valence-electron chi connectivity index (χ1n) is 5.61. The minimum atomic E-state index is 0.614. The van der Waals surface area contributed by atoms with E-state index in [1.165, 1.54) is 0 Å². The summed E-state index contributed by atoms with van der Waals surface area (Å²) in [6.45, 7) is 3.47. The van der Waals surface area contributed by atoms with Crippen LogP contribution < -0.4 is 4.74 Å². The van der Waals surface area contributed by atoms with Crippen molar-refractivity contribution in [3.63, 3.8) is 0 Å². The molecule has 0 atom stereocenters. The van der Waals surface area contributed by atoms with E-state index in [1.54, 1.807) is 6.26 Å². The monoisotopic (exact) mass is 216 g/mol. The molecule has 0 fully saturated rings. The van der Waals surface area contributed by atoms with Gasteiger partial charge in [0.2, 0.25) is 0 Å². The van der Waals surface area contributed by atoms with Gasteiger partial charge in [-0.1, -0.05) is 31.2 Å². The zero-order valence-electron chi connectivity index (χ0n) is 9.48. The smallest absolute Gasteiger partial charge is 0.126 e. The van der Waals surface area contributed by atoms with E-state index in [0.29, 0.717) is 6.61 Å². The number of rotatable bonds is 4. The van der Waals surface area contributed by atoms with E-state index < -0.39 is 0 Å². The van der Waals surface area contributed by atoms with Gasteiger partial charge in [-0.3, -0.25) is 0 Å². The third kappa shape index (κ3) is 2.45. The van der Waals surface area contributed by atoms with E-state index in [0.717, 1.165) is 29.9 Å². The SMILES string of the molecule is CCCOc1ccccc1C1=CC=COC1. The first-order chi connectivity index (χ1) is 7.92. The lowest BCUT2D eigenvalue weighted by molar-refractivity contribution is 0.290. The number of allylic oxidation sites excluding steroid dienone is 2. The lowest BCUT2D eigenvalue weighted by atomic mass is 10.0. The molecule has 1 aromatic rings. The summed E-state index contributed by atoms with van der Waals surface area (Å²) in [7, 11) is 0. The molecule has 16 heavy (non-hydrogen) atoms. The van der Waals surface area contributed by atoms with Crippen molar-refractivity contribution in [1.82, 2.24) is 0 Å². The van der Waals surface area contributed by atoms with Crippen molar-refractivity contribution < 1.29 is 9.47 Å². The molecule has 0 unspecified atom stereocenters. The molecule has 1 heterocycles. The molecule has 1 aromatic carbocycles. The Bertz CT molecular complexity index is 405. The predicted octanol–water partition coefficient (Wildman–Crippen LogP) is 3.40. The minimum absolute atomic E-state index is 0.614. The molecule has 1 aliphatic heterocycles. The maximum atomic E-state index is 5.72. The third-order valence-electron chi connectivity index (χ3n) is 2.41. The minimum Gasteiger partial charge on any atom is -0.496 e. The summed E-state index contributed by atoms with van der Waals surface area (Å²) >= 11 is 0. The number of hydrogen-bond acceptors (Lipinski definition) is 2. The Morgan fingerprint density at radius 2 is 2.19 bits per heavy atom. The van der Waals surface area contributed by atoms with Gasteiger partial charge in [-0.25, -0.2) is 0 Å². The van der Waals surface area contributed by atoms with Crippen LogP contribution in [0, 0.1) is 0 Å². The van der Waals surface area contributed by atoms with Crippen LogP contribution in [0.15, 0.2) is 42.7 Å². The largest absolute Gasteiger partial charge is 0.496 e. The van der Waals surface area contributed by atoms with Crippen molar-refractivity contribution in [1.29, 1.82) is 0 Å². The molecule has 0 aliphatic carbocycles. The Labute approximate surface area is 96.2 Å². The van der Waals surface area contributed by atoms with Gasteiger partial charge in [-0.05, 0) is 18.6 Å². The summed E-state index contributed by atoms with van der Waals surface area (Å²) in [6, 6.07) is 8.09. The van der Waals surface area contributed by atoms with Gasteiger partial charge in [-0.2, -0.15) is 0 Å². The highest BCUT2D eigenvalue weighted by atomic mass is 16.5. The summed E-state index contributed by atoms with van der Waals surface area (Å²) in [5.41, 5.74) is 2.29. The van der Waals surface area contributed by atoms with Gasteiger partial charge in [0.1, 0.15) is 12.4 Å². The molecule has 2 nitrogen and oxygen atoms in total. The van der Waals surface area contributed by atoms with Crippen molar-refractivity contribution in [3.8, 4) is 5.75 Å². The van der Waals surface area contributed by atoms with Gasteiger partial charge >= 0.3 is 0 Å². The van der Waals surface area contributed by atoms with Crippen molar-refractivity contribution in [3.05, 3.63) is 48.2 Å². The Balaban J connectivity index is 2.25. The van der Waals surface area contributed by atoms with Crippen LogP contribution in [-0.4, -0.2) is 13.2 Å². The Hall–Kier alpha value is -1.70. The lowest BCUT2D eigenvalue weighted by Gasteiger charge is -2.15. The number of benzene rings is 1. The standard InChI is InChI=1S/C14H16O2/c1-2-9-16-14-8-4-3-7-13(14)12-6-5-10-15-11-12/h3-8,10H,2,9,11H2,1H3. The molecule has 0 saturated carbocycles. The molecule has 0 radical (unpaired) electrons. The van der Waals surface area contributed by atoms with Crippen molar-refractivity contribution in [2.45, 2.75) is 13.3 Å². The molecule has 2 heteroatoms. The molecule has 0 spiro atoms. The topological polar surface area (TPSA) is 18.5 Å².